The molecule has 1 aliphatic heterocycles. The second-order valence-corrected chi connectivity index (χ2v) is 7.37. The predicted molar refractivity (Wildman–Crippen MR) is 69.9 cm³/mol. The van der Waals surface area contributed by atoms with Gasteiger partial charge in [-0.3, -0.25) is 0 Å². The van der Waals surface area contributed by atoms with Gasteiger partial charge in [-0.15, -0.1) is 0 Å². The molecule has 1 aliphatic rings. The van der Waals surface area contributed by atoms with Crippen molar-refractivity contribution in [2.45, 2.75) is 23.0 Å². The summed E-state index contributed by atoms with van der Waals surface area (Å²) in [6, 6.07) is 2.93. The second kappa shape index (κ2) is 5.56. The first-order chi connectivity index (χ1) is 8.08. The maximum atomic E-state index is 11.9. The second-order valence-electron chi connectivity index (χ2n) is 3.80. The molecule has 0 radical (unpaired) electrons. The topological polar surface area (TPSA) is 59.1 Å². The molecule has 2 rings (SSSR count). The van der Waals surface area contributed by atoms with Crippen LogP contribution in [0.3, 0.4) is 0 Å². The molecular weight excluding hydrogens is 280 g/mol. The number of rotatable bonds is 4. The summed E-state index contributed by atoms with van der Waals surface area (Å²) in [6.45, 7) is 0.482. The number of pyridine rings is 1. The summed E-state index contributed by atoms with van der Waals surface area (Å²) < 4.78 is 26.4. The van der Waals surface area contributed by atoms with Gasteiger partial charge in [-0.1, -0.05) is 11.6 Å². The van der Waals surface area contributed by atoms with Gasteiger partial charge in [0.1, 0.15) is 10.0 Å². The highest BCUT2D eigenvalue weighted by Gasteiger charge is 2.20. The monoisotopic (exact) mass is 292 g/mol. The lowest BCUT2D eigenvalue weighted by Gasteiger charge is -2.10. The number of hydrogen-bond donors (Lipinski definition) is 1. The molecule has 0 saturated carbocycles. The van der Waals surface area contributed by atoms with Crippen LogP contribution in [0.2, 0.25) is 5.15 Å². The van der Waals surface area contributed by atoms with Crippen molar-refractivity contribution >= 4 is 33.4 Å². The molecule has 2 heterocycles. The maximum Gasteiger partial charge on any atom is 0.242 e. The molecule has 0 amide bonds. The largest absolute Gasteiger partial charge is 0.243 e. The number of hydrogen-bond acceptors (Lipinski definition) is 4. The van der Waals surface area contributed by atoms with Gasteiger partial charge in [-0.05, 0) is 30.7 Å². The van der Waals surface area contributed by atoms with Crippen molar-refractivity contribution in [2.75, 3.05) is 12.3 Å². The number of nitrogens with one attached hydrogen (secondary N) is 1. The van der Waals surface area contributed by atoms with Gasteiger partial charge in [0.2, 0.25) is 10.0 Å². The highest BCUT2D eigenvalue weighted by atomic mass is 35.5. The van der Waals surface area contributed by atoms with E-state index in [4.69, 9.17) is 11.6 Å². The van der Waals surface area contributed by atoms with E-state index < -0.39 is 10.0 Å². The molecule has 1 atom stereocenters. The van der Waals surface area contributed by atoms with Crippen molar-refractivity contribution in [3.8, 4) is 0 Å². The zero-order chi connectivity index (χ0) is 12.3. The Balaban J connectivity index is 2.00. The molecule has 7 heteroatoms. The van der Waals surface area contributed by atoms with Gasteiger partial charge in [0, 0.05) is 18.0 Å². The van der Waals surface area contributed by atoms with Crippen molar-refractivity contribution in [2.24, 2.45) is 0 Å². The summed E-state index contributed by atoms with van der Waals surface area (Å²) in [7, 11) is -3.45. The van der Waals surface area contributed by atoms with Crippen molar-refractivity contribution in [1.29, 1.82) is 0 Å². The van der Waals surface area contributed by atoms with Crippen LogP contribution in [0.25, 0.3) is 0 Å². The van der Waals surface area contributed by atoms with Gasteiger partial charge in [-0.25, -0.2) is 18.1 Å². The Kier molecular flexibility index (Phi) is 4.30. The van der Waals surface area contributed by atoms with Crippen LogP contribution in [0.4, 0.5) is 0 Å². The van der Waals surface area contributed by atoms with Crippen molar-refractivity contribution in [3.63, 3.8) is 0 Å². The van der Waals surface area contributed by atoms with Crippen LogP contribution in [0.5, 0.6) is 0 Å². The molecule has 1 aromatic heterocycles. The Morgan fingerprint density at radius 3 is 2.94 bits per heavy atom. The van der Waals surface area contributed by atoms with E-state index in [0.29, 0.717) is 11.8 Å². The highest BCUT2D eigenvalue weighted by Crippen LogP contribution is 2.25. The molecule has 0 aliphatic carbocycles. The van der Waals surface area contributed by atoms with E-state index in [1.54, 1.807) is 0 Å². The molecule has 1 fully saturated rings. The Morgan fingerprint density at radius 1 is 1.53 bits per heavy atom. The van der Waals surface area contributed by atoms with Crippen LogP contribution in [0.1, 0.15) is 12.8 Å². The lowest BCUT2D eigenvalue weighted by Crippen LogP contribution is -2.29. The first-order valence-corrected chi connectivity index (χ1v) is 8.22. The Labute approximate surface area is 110 Å². The third kappa shape index (κ3) is 3.58. The lowest BCUT2D eigenvalue weighted by atomic mass is 10.2. The van der Waals surface area contributed by atoms with Crippen molar-refractivity contribution in [3.05, 3.63) is 23.5 Å². The van der Waals surface area contributed by atoms with Crippen molar-refractivity contribution in [1.82, 2.24) is 9.71 Å². The minimum atomic E-state index is -3.45. The molecule has 1 unspecified atom stereocenters. The summed E-state index contributed by atoms with van der Waals surface area (Å²) >= 11 is 7.43. The fourth-order valence-corrected chi connectivity index (χ4v) is 4.06. The third-order valence-electron chi connectivity index (χ3n) is 2.54. The molecule has 0 bridgehead atoms. The summed E-state index contributed by atoms with van der Waals surface area (Å²) in [5, 5.41) is 0.681. The standard InChI is InChI=1S/C10H13ClN2O2S2/c11-10-4-3-9(7-12-10)17(14,15)13-6-8-2-1-5-16-8/h3-4,7-8,13H,1-2,5-6H2. The predicted octanol–water partition coefficient (Wildman–Crippen LogP) is 1.91. The summed E-state index contributed by atoms with van der Waals surface area (Å²) in [5.41, 5.74) is 0. The van der Waals surface area contributed by atoms with Crippen LogP contribution < -0.4 is 4.72 Å². The van der Waals surface area contributed by atoms with E-state index >= 15 is 0 Å². The SMILES string of the molecule is O=S(=O)(NCC1CCCS1)c1ccc(Cl)nc1. The molecule has 0 spiro atoms. The molecule has 0 aromatic carbocycles. The van der Waals surface area contributed by atoms with E-state index in [2.05, 4.69) is 9.71 Å². The summed E-state index contributed by atoms with van der Waals surface area (Å²) in [4.78, 5) is 3.92. The maximum absolute atomic E-state index is 11.9. The van der Waals surface area contributed by atoms with Gasteiger partial charge < -0.3 is 0 Å². The van der Waals surface area contributed by atoms with Gasteiger partial charge in [-0.2, -0.15) is 11.8 Å². The molecule has 1 aromatic rings. The van der Waals surface area contributed by atoms with Crippen LogP contribution in [0, 0.1) is 0 Å². The first-order valence-electron chi connectivity index (χ1n) is 5.31. The molecule has 1 N–H and O–H groups in total. The molecule has 17 heavy (non-hydrogen) atoms. The minimum absolute atomic E-state index is 0.157. The number of halogens is 1. The van der Waals surface area contributed by atoms with Gasteiger partial charge >= 0.3 is 0 Å². The summed E-state index contributed by atoms with van der Waals surface area (Å²) in [5.74, 6) is 1.12. The fraction of sp³-hybridized carbons (Fsp3) is 0.500. The quantitative estimate of drug-likeness (QED) is 0.861. The number of aromatic nitrogens is 1. The van der Waals surface area contributed by atoms with E-state index in [-0.39, 0.29) is 10.0 Å². The Morgan fingerprint density at radius 2 is 2.35 bits per heavy atom. The molecule has 94 valence electrons. The minimum Gasteiger partial charge on any atom is -0.243 e. The average molecular weight is 293 g/mol. The first kappa shape index (κ1) is 13.1. The molecular formula is C10H13ClN2O2S2. The van der Waals surface area contributed by atoms with Crippen LogP contribution >= 0.6 is 23.4 Å². The lowest BCUT2D eigenvalue weighted by molar-refractivity contribution is 0.578. The van der Waals surface area contributed by atoms with Crippen LogP contribution in [-0.2, 0) is 10.0 Å². The third-order valence-corrected chi connectivity index (χ3v) is 5.57. The van der Waals surface area contributed by atoms with Gasteiger partial charge in [0.05, 0.1) is 0 Å². The van der Waals surface area contributed by atoms with Crippen molar-refractivity contribution < 1.29 is 8.42 Å². The average Bonchev–Trinajstić information content (AvgIpc) is 2.80. The van der Waals surface area contributed by atoms with E-state index in [1.807, 2.05) is 11.8 Å². The van der Waals surface area contributed by atoms with E-state index in [9.17, 15) is 8.42 Å². The zero-order valence-corrected chi connectivity index (χ0v) is 11.5. The molecule has 4 nitrogen and oxygen atoms in total. The normalized spacial score (nSPS) is 20.6. The number of sulfonamides is 1. The number of thioether (sulfide) groups is 1. The zero-order valence-electron chi connectivity index (χ0n) is 9.10. The smallest absolute Gasteiger partial charge is 0.242 e. The Bertz CT molecular complexity index is 470. The van der Waals surface area contributed by atoms with Gasteiger partial charge in [0.25, 0.3) is 0 Å². The Hall–Kier alpha value is -0.300. The van der Waals surface area contributed by atoms with E-state index in [1.165, 1.54) is 24.8 Å². The van der Waals surface area contributed by atoms with Gasteiger partial charge in [0.15, 0.2) is 0 Å². The fourth-order valence-electron chi connectivity index (χ4n) is 1.61. The number of nitrogens with zero attached hydrogens (tertiary/aromatic N) is 1. The van der Waals surface area contributed by atoms with E-state index in [0.717, 1.165) is 12.2 Å². The van der Waals surface area contributed by atoms with Crippen LogP contribution in [-0.4, -0.2) is 30.9 Å². The summed E-state index contributed by atoms with van der Waals surface area (Å²) in [6.07, 6.45) is 3.51. The van der Waals surface area contributed by atoms with Crippen LogP contribution in [0.15, 0.2) is 23.2 Å². The molecule has 1 saturated heterocycles. The highest BCUT2D eigenvalue weighted by molar-refractivity contribution is 8.00.